The average Bonchev–Trinajstić information content (AvgIpc) is 3.29. The van der Waals surface area contributed by atoms with Gasteiger partial charge in [-0.15, -0.1) is 0 Å². The lowest BCUT2D eigenvalue weighted by Crippen LogP contribution is -2.30. The summed E-state index contributed by atoms with van der Waals surface area (Å²) >= 11 is 0. The number of carbonyl (C=O) groups excluding carboxylic acids is 3. The van der Waals surface area contributed by atoms with Crippen LogP contribution in [0.4, 0.5) is 0 Å². The summed E-state index contributed by atoms with van der Waals surface area (Å²) in [6.07, 6.45) is 53.7. The Labute approximate surface area is 412 Å². The van der Waals surface area contributed by atoms with E-state index in [1.807, 2.05) is 0 Å². The lowest BCUT2D eigenvalue weighted by molar-refractivity contribution is -0.167. The third-order valence-electron chi connectivity index (χ3n) is 14.0. The third kappa shape index (κ3) is 51.8. The van der Waals surface area contributed by atoms with Gasteiger partial charge in [-0.25, -0.2) is 0 Å². The normalized spacial score (nSPS) is 12.5. The largest absolute Gasteiger partial charge is 0.462 e. The molecule has 0 aromatic rings. The zero-order valence-electron chi connectivity index (χ0n) is 45.5. The molecular weight excluding hydrogens is 817 g/mol. The molecule has 0 aromatic heterocycles. The molecule has 0 heterocycles. The molecule has 392 valence electrons. The van der Waals surface area contributed by atoms with Crippen LogP contribution in [0.25, 0.3) is 0 Å². The first-order valence-electron chi connectivity index (χ1n) is 29.6. The second-order valence-electron chi connectivity index (χ2n) is 21.8. The van der Waals surface area contributed by atoms with E-state index >= 15 is 0 Å². The lowest BCUT2D eigenvalue weighted by Gasteiger charge is -2.18. The Bertz CT molecular complexity index is 1020. The molecule has 0 spiro atoms. The van der Waals surface area contributed by atoms with Crippen molar-refractivity contribution in [1.82, 2.24) is 0 Å². The monoisotopic (exact) mass is 933 g/mol. The molecule has 0 saturated carbocycles. The van der Waals surface area contributed by atoms with E-state index in [2.05, 4.69) is 41.5 Å². The van der Waals surface area contributed by atoms with Crippen molar-refractivity contribution in [1.29, 1.82) is 0 Å². The molecule has 6 heteroatoms. The molecule has 0 fully saturated rings. The maximum atomic E-state index is 12.9. The van der Waals surface area contributed by atoms with Crippen molar-refractivity contribution in [3.8, 4) is 0 Å². The van der Waals surface area contributed by atoms with Crippen LogP contribution >= 0.6 is 0 Å². The highest BCUT2D eigenvalue weighted by Gasteiger charge is 2.19. The summed E-state index contributed by atoms with van der Waals surface area (Å²) in [4.78, 5) is 38.2. The van der Waals surface area contributed by atoms with Gasteiger partial charge < -0.3 is 14.2 Å². The smallest absolute Gasteiger partial charge is 0.306 e. The molecule has 1 unspecified atom stereocenters. The number of hydrogen-bond acceptors (Lipinski definition) is 6. The van der Waals surface area contributed by atoms with Gasteiger partial charge in [-0.2, -0.15) is 0 Å². The van der Waals surface area contributed by atoms with Crippen molar-refractivity contribution in [2.45, 2.75) is 337 Å². The molecule has 6 nitrogen and oxygen atoms in total. The quantitative estimate of drug-likeness (QED) is 0.0343. The van der Waals surface area contributed by atoms with Crippen molar-refractivity contribution < 1.29 is 28.6 Å². The minimum atomic E-state index is -0.764. The standard InChI is InChI=1S/C60H116O6/c1-7-56(6)48-42-36-30-24-20-21-27-33-39-45-51-60(63)66-57(53-65-59(62)50-44-38-32-26-19-15-11-13-17-23-29-35-41-47-55(4)5)52-64-58(61)49-43-37-31-25-18-14-10-8-9-12-16-22-28-34-40-46-54(2)3/h54-57H,7-53H2,1-6H3/t56?,57-/m1/s1. The topological polar surface area (TPSA) is 78.9 Å². The summed E-state index contributed by atoms with van der Waals surface area (Å²) in [5.74, 6) is 1.71. The minimum absolute atomic E-state index is 0.0634. The van der Waals surface area contributed by atoms with E-state index < -0.39 is 6.10 Å². The highest BCUT2D eigenvalue weighted by atomic mass is 16.6. The molecule has 0 rings (SSSR count). The average molecular weight is 934 g/mol. The van der Waals surface area contributed by atoms with Gasteiger partial charge in [0.05, 0.1) is 0 Å². The Morgan fingerprint density at radius 2 is 0.530 bits per heavy atom. The van der Waals surface area contributed by atoms with Gasteiger partial charge in [-0.3, -0.25) is 14.4 Å². The van der Waals surface area contributed by atoms with E-state index in [1.54, 1.807) is 0 Å². The van der Waals surface area contributed by atoms with Gasteiger partial charge in [0.15, 0.2) is 6.10 Å². The van der Waals surface area contributed by atoms with Gasteiger partial charge in [0.1, 0.15) is 13.2 Å². The van der Waals surface area contributed by atoms with Crippen LogP contribution in [0.15, 0.2) is 0 Å². The summed E-state index contributed by atoms with van der Waals surface area (Å²) in [5.41, 5.74) is 0. The summed E-state index contributed by atoms with van der Waals surface area (Å²) in [5, 5.41) is 0. The number of hydrogen-bond donors (Lipinski definition) is 0. The molecule has 0 aliphatic heterocycles. The van der Waals surface area contributed by atoms with Crippen LogP contribution in [0.3, 0.4) is 0 Å². The molecule has 66 heavy (non-hydrogen) atoms. The number of rotatable bonds is 53. The first-order chi connectivity index (χ1) is 32.1. The molecule has 0 amide bonds. The first-order valence-corrected chi connectivity index (χ1v) is 29.6. The maximum absolute atomic E-state index is 12.9. The van der Waals surface area contributed by atoms with Crippen LogP contribution in [-0.4, -0.2) is 37.2 Å². The molecule has 0 N–H and O–H groups in total. The van der Waals surface area contributed by atoms with E-state index in [-0.39, 0.29) is 31.1 Å². The highest BCUT2D eigenvalue weighted by molar-refractivity contribution is 5.71. The molecule has 2 atom stereocenters. The Hall–Kier alpha value is -1.59. The second kappa shape index (κ2) is 51.3. The van der Waals surface area contributed by atoms with E-state index in [9.17, 15) is 14.4 Å². The van der Waals surface area contributed by atoms with Crippen LogP contribution in [0, 0.1) is 17.8 Å². The maximum Gasteiger partial charge on any atom is 0.306 e. The first kappa shape index (κ1) is 64.4. The fraction of sp³-hybridized carbons (Fsp3) is 0.950. The minimum Gasteiger partial charge on any atom is -0.462 e. The van der Waals surface area contributed by atoms with Crippen LogP contribution in [0.1, 0.15) is 330 Å². The van der Waals surface area contributed by atoms with E-state index in [0.29, 0.717) is 19.3 Å². The van der Waals surface area contributed by atoms with E-state index in [4.69, 9.17) is 14.2 Å². The molecule has 0 saturated heterocycles. The molecule has 0 aliphatic rings. The van der Waals surface area contributed by atoms with Gasteiger partial charge in [0, 0.05) is 19.3 Å². The summed E-state index contributed by atoms with van der Waals surface area (Å²) in [7, 11) is 0. The second-order valence-corrected chi connectivity index (χ2v) is 21.8. The summed E-state index contributed by atoms with van der Waals surface area (Å²) in [6.45, 7) is 13.8. The van der Waals surface area contributed by atoms with Crippen molar-refractivity contribution in [2.75, 3.05) is 13.2 Å². The molecule has 0 bridgehead atoms. The van der Waals surface area contributed by atoms with E-state index in [0.717, 1.165) is 75.5 Å². The molecule has 0 aromatic carbocycles. The van der Waals surface area contributed by atoms with Crippen LogP contribution in [0.2, 0.25) is 0 Å². The molecule has 0 aliphatic carbocycles. The number of ether oxygens (including phenoxy) is 3. The highest BCUT2D eigenvalue weighted by Crippen LogP contribution is 2.19. The predicted octanol–water partition coefficient (Wildman–Crippen LogP) is 19.5. The number of unbranched alkanes of at least 4 members (excludes halogenated alkanes) is 35. The predicted molar refractivity (Wildman–Crippen MR) is 284 cm³/mol. The Morgan fingerprint density at radius 3 is 0.788 bits per heavy atom. The van der Waals surface area contributed by atoms with Crippen molar-refractivity contribution in [3.63, 3.8) is 0 Å². The van der Waals surface area contributed by atoms with Gasteiger partial charge in [0.2, 0.25) is 0 Å². The summed E-state index contributed by atoms with van der Waals surface area (Å²) < 4.78 is 16.9. The fourth-order valence-corrected chi connectivity index (χ4v) is 9.14. The van der Waals surface area contributed by atoms with Crippen molar-refractivity contribution in [2.24, 2.45) is 17.8 Å². The summed E-state index contributed by atoms with van der Waals surface area (Å²) in [6, 6.07) is 0. The Morgan fingerprint density at radius 1 is 0.303 bits per heavy atom. The van der Waals surface area contributed by atoms with Crippen molar-refractivity contribution >= 4 is 17.9 Å². The van der Waals surface area contributed by atoms with Gasteiger partial charge >= 0.3 is 17.9 Å². The van der Waals surface area contributed by atoms with Gasteiger partial charge in [-0.05, 0) is 37.0 Å². The van der Waals surface area contributed by atoms with E-state index in [1.165, 1.54) is 212 Å². The zero-order chi connectivity index (χ0) is 48.4. The number of carbonyl (C=O) groups is 3. The molecule has 0 radical (unpaired) electrons. The Balaban J connectivity index is 4.30. The van der Waals surface area contributed by atoms with Crippen LogP contribution < -0.4 is 0 Å². The SMILES string of the molecule is CCC(C)CCCCCCCCCCCCC(=O)O[C@H](COC(=O)CCCCCCCCCCCCCCCCCC(C)C)COC(=O)CCCCCCCCCCCCCCCC(C)C. The fourth-order valence-electron chi connectivity index (χ4n) is 9.14. The van der Waals surface area contributed by atoms with Gasteiger partial charge in [-0.1, -0.05) is 292 Å². The third-order valence-corrected chi connectivity index (χ3v) is 14.0. The zero-order valence-corrected chi connectivity index (χ0v) is 45.5. The number of esters is 3. The van der Waals surface area contributed by atoms with Gasteiger partial charge in [0.25, 0.3) is 0 Å². The van der Waals surface area contributed by atoms with Crippen LogP contribution in [0.5, 0.6) is 0 Å². The lowest BCUT2D eigenvalue weighted by atomic mass is 9.99. The van der Waals surface area contributed by atoms with Crippen LogP contribution in [-0.2, 0) is 28.6 Å². The van der Waals surface area contributed by atoms with Crippen molar-refractivity contribution in [3.05, 3.63) is 0 Å². The molecular formula is C60H116O6. The Kier molecular flexibility index (Phi) is 50.0.